The van der Waals surface area contributed by atoms with Crippen molar-refractivity contribution < 1.29 is 23.9 Å². The molecule has 4 atom stereocenters. The molecule has 5 nitrogen and oxygen atoms in total. The molecule has 0 spiro atoms. The number of esters is 2. The van der Waals surface area contributed by atoms with Crippen LogP contribution in [-0.2, 0) is 29.3 Å². The van der Waals surface area contributed by atoms with Gasteiger partial charge in [-0.2, -0.15) is 0 Å². The molecule has 4 unspecified atom stereocenters. The number of hydrogen-bond donors (Lipinski definition) is 0. The highest BCUT2D eigenvalue weighted by molar-refractivity contribution is 6.35. The maximum absolute atomic E-state index is 14.4. The van der Waals surface area contributed by atoms with Crippen LogP contribution in [0.15, 0.2) is 90.5 Å². The van der Waals surface area contributed by atoms with E-state index in [0.717, 1.165) is 5.56 Å². The zero-order chi connectivity index (χ0) is 23.2. The van der Waals surface area contributed by atoms with Gasteiger partial charge in [0.1, 0.15) is 5.57 Å². The van der Waals surface area contributed by atoms with Crippen LogP contribution in [-0.4, -0.2) is 31.9 Å². The molecule has 6 rings (SSSR count). The number of ether oxygens (including phenoxy) is 2. The summed E-state index contributed by atoms with van der Waals surface area (Å²) in [4.78, 5) is 41.5. The van der Waals surface area contributed by atoms with Gasteiger partial charge in [0.15, 0.2) is 11.2 Å². The SMILES string of the molecule is COC(=O)C1=C(c2ccccc2)C2(c3ccccc3)C3C=CCC(C=C3)C2(C(=O)OC)C1=O. The third kappa shape index (κ3) is 2.50. The number of rotatable bonds is 4. The quantitative estimate of drug-likeness (QED) is 0.310. The Morgan fingerprint density at radius 2 is 1.55 bits per heavy atom. The molecular weight excluding hydrogens is 416 g/mol. The third-order valence-corrected chi connectivity index (χ3v) is 7.38. The Balaban J connectivity index is 2.02. The van der Waals surface area contributed by atoms with Gasteiger partial charge in [0, 0.05) is 11.8 Å². The Labute approximate surface area is 192 Å². The largest absolute Gasteiger partial charge is 0.468 e. The van der Waals surface area contributed by atoms with E-state index >= 15 is 0 Å². The van der Waals surface area contributed by atoms with E-state index in [1.807, 2.05) is 78.9 Å². The monoisotopic (exact) mass is 440 g/mol. The van der Waals surface area contributed by atoms with E-state index in [1.165, 1.54) is 14.2 Å². The first-order chi connectivity index (χ1) is 16.0. The molecule has 0 radical (unpaired) electrons. The van der Waals surface area contributed by atoms with Gasteiger partial charge >= 0.3 is 11.9 Å². The summed E-state index contributed by atoms with van der Waals surface area (Å²) < 4.78 is 10.5. The van der Waals surface area contributed by atoms with E-state index in [1.54, 1.807) is 0 Å². The molecule has 0 N–H and O–H groups in total. The summed E-state index contributed by atoms with van der Waals surface area (Å²) >= 11 is 0. The van der Waals surface area contributed by atoms with E-state index < -0.39 is 34.5 Å². The Morgan fingerprint density at radius 3 is 2.18 bits per heavy atom. The maximum Gasteiger partial charge on any atom is 0.341 e. The van der Waals surface area contributed by atoms with Crippen LogP contribution in [0.5, 0.6) is 0 Å². The van der Waals surface area contributed by atoms with Gasteiger partial charge in [-0.1, -0.05) is 85.0 Å². The summed E-state index contributed by atoms with van der Waals surface area (Å²) in [6.07, 6.45) is 8.54. The minimum Gasteiger partial charge on any atom is -0.468 e. The number of Topliss-reactive ketones (excluding diaryl/α,β-unsaturated/α-hetero) is 1. The zero-order valence-electron chi connectivity index (χ0n) is 18.5. The lowest BCUT2D eigenvalue weighted by atomic mass is 9.47. The van der Waals surface area contributed by atoms with Crippen LogP contribution in [0.1, 0.15) is 17.5 Å². The topological polar surface area (TPSA) is 69.7 Å². The van der Waals surface area contributed by atoms with Crippen molar-refractivity contribution in [2.45, 2.75) is 11.8 Å². The summed E-state index contributed by atoms with van der Waals surface area (Å²) in [5.41, 5.74) is -0.881. The van der Waals surface area contributed by atoms with Crippen LogP contribution in [0.3, 0.4) is 0 Å². The van der Waals surface area contributed by atoms with E-state index in [0.29, 0.717) is 17.6 Å². The molecule has 0 aromatic heterocycles. The molecular formula is C28H24O5. The van der Waals surface area contributed by atoms with Gasteiger partial charge in [-0.25, -0.2) is 4.79 Å². The van der Waals surface area contributed by atoms with Crippen molar-refractivity contribution in [2.75, 3.05) is 14.2 Å². The van der Waals surface area contributed by atoms with Crippen LogP contribution in [0.4, 0.5) is 0 Å². The zero-order valence-corrected chi connectivity index (χ0v) is 18.5. The molecule has 0 amide bonds. The van der Waals surface area contributed by atoms with Crippen molar-refractivity contribution in [3.05, 3.63) is 102 Å². The van der Waals surface area contributed by atoms with Crippen molar-refractivity contribution >= 4 is 23.3 Å². The first-order valence-corrected chi connectivity index (χ1v) is 11.0. The highest BCUT2D eigenvalue weighted by Crippen LogP contribution is 2.69. The molecule has 2 aromatic carbocycles. The molecule has 0 aliphatic heterocycles. The fraction of sp³-hybridized carbons (Fsp3) is 0.250. The maximum atomic E-state index is 14.4. The summed E-state index contributed by atoms with van der Waals surface area (Å²) in [6.45, 7) is 0. The van der Waals surface area contributed by atoms with Gasteiger partial charge < -0.3 is 9.47 Å². The number of carbonyl (C=O) groups is 3. The predicted molar refractivity (Wildman–Crippen MR) is 123 cm³/mol. The van der Waals surface area contributed by atoms with Crippen LogP contribution in [0, 0.1) is 17.3 Å². The Bertz CT molecular complexity index is 1220. The van der Waals surface area contributed by atoms with E-state index in [9.17, 15) is 14.4 Å². The first kappa shape index (κ1) is 21.1. The van der Waals surface area contributed by atoms with Gasteiger partial charge in [-0.3, -0.25) is 9.59 Å². The fourth-order valence-electron chi connectivity index (χ4n) is 6.26. The molecule has 4 aliphatic rings. The predicted octanol–water partition coefficient (Wildman–Crippen LogP) is 4.06. The summed E-state index contributed by atoms with van der Waals surface area (Å²) in [5.74, 6) is -2.74. The first-order valence-electron chi connectivity index (χ1n) is 11.0. The second-order valence-corrected chi connectivity index (χ2v) is 8.59. The van der Waals surface area contributed by atoms with Gasteiger partial charge in [0.05, 0.1) is 19.6 Å². The minimum absolute atomic E-state index is 0.0769. The average Bonchev–Trinajstić information content (AvgIpc) is 3.03. The van der Waals surface area contributed by atoms with Crippen molar-refractivity contribution in [3.63, 3.8) is 0 Å². The molecule has 2 bridgehead atoms. The standard InChI is InChI=1S/C28H24O5/c1-32-25(30)22-23(18-10-5-3-6-11-18)27(19-12-7-4-8-13-19)20-14-9-15-21(17-16-20)28(27,24(22)29)26(31)33-2/h3-14,16-17,20-21H,15H2,1-2H3. The summed E-state index contributed by atoms with van der Waals surface area (Å²) in [7, 11) is 2.56. The molecule has 5 heteroatoms. The van der Waals surface area contributed by atoms with Crippen LogP contribution >= 0.6 is 0 Å². The summed E-state index contributed by atoms with van der Waals surface area (Å²) in [5, 5.41) is 0. The van der Waals surface area contributed by atoms with Crippen LogP contribution in [0.2, 0.25) is 0 Å². The van der Waals surface area contributed by atoms with E-state index in [4.69, 9.17) is 9.47 Å². The van der Waals surface area contributed by atoms with Gasteiger partial charge in [-0.05, 0) is 23.1 Å². The molecule has 0 saturated heterocycles. The number of benzene rings is 2. The normalized spacial score (nSPS) is 29.6. The smallest absolute Gasteiger partial charge is 0.341 e. The van der Waals surface area contributed by atoms with Crippen molar-refractivity contribution in [2.24, 2.45) is 17.3 Å². The number of ketones is 1. The minimum atomic E-state index is -1.64. The molecule has 0 fully saturated rings. The molecule has 166 valence electrons. The van der Waals surface area contributed by atoms with Crippen molar-refractivity contribution in [1.29, 1.82) is 0 Å². The highest BCUT2D eigenvalue weighted by Gasteiger charge is 2.76. The van der Waals surface area contributed by atoms with Crippen LogP contribution < -0.4 is 0 Å². The fourth-order valence-corrected chi connectivity index (χ4v) is 6.26. The molecule has 4 aliphatic carbocycles. The van der Waals surface area contributed by atoms with Gasteiger partial charge in [0.2, 0.25) is 0 Å². The number of hydrogen-bond acceptors (Lipinski definition) is 5. The second-order valence-electron chi connectivity index (χ2n) is 8.59. The lowest BCUT2D eigenvalue weighted by Gasteiger charge is -2.52. The van der Waals surface area contributed by atoms with Crippen LogP contribution in [0.25, 0.3) is 5.57 Å². The molecule has 33 heavy (non-hydrogen) atoms. The average molecular weight is 440 g/mol. The van der Waals surface area contributed by atoms with E-state index in [-0.39, 0.29) is 11.5 Å². The number of methoxy groups -OCH3 is 2. The van der Waals surface area contributed by atoms with Gasteiger partial charge in [0.25, 0.3) is 0 Å². The Kier molecular flexibility index (Phi) is 4.93. The number of allylic oxidation sites excluding steroid dienone is 5. The lowest BCUT2D eigenvalue weighted by Crippen LogP contribution is -2.61. The number of fused-ring (bicyclic) bond motifs is 1. The Hall–Kier alpha value is -3.73. The lowest BCUT2D eigenvalue weighted by molar-refractivity contribution is -0.164. The highest BCUT2D eigenvalue weighted by atomic mass is 16.5. The van der Waals surface area contributed by atoms with Gasteiger partial charge in [-0.15, -0.1) is 0 Å². The second kappa shape index (κ2) is 7.69. The molecule has 0 saturated carbocycles. The molecule has 2 aromatic rings. The third-order valence-electron chi connectivity index (χ3n) is 7.38. The number of carbonyl (C=O) groups excluding carboxylic acids is 3. The van der Waals surface area contributed by atoms with E-state index in [2.05, 4.69) is 6.08 Å². The van der Waals surface area contributed by atoms with Crippen molar-refractivity contribution in [1.82, 2.24) is 0 Å². The Morgan fingerprint density at radius 1 is 0.879 bits per heavy atom. The molecule has 0 heterocycles. The van der Waals surface area contributed by atoms with Crippen molar-refractivity contribution in [3.8, 4) is 0 Å². The summed E-state index contributed by atoms with van der Waals surface area (Å²) in [6, 6.07) is 18.9.